The van der Waals surface area contributed by atoms with Crippen molar-refractivity contribution in [1.29, 1.82) is 0 Å². The van der Waals surface area contributed by atoms with Gasteiger partial charge in [-0.15, -0.1) is 0 Å². The monoisotopic (exact) mass is 338 g/mol. The van der Waals surface area contributed by atoms with Crippen molar-refractivity contribution >= 4 is 11.0 Å². The number of hydrogen-bond acceptors (Lipinski definition) is 5. The minimum Gasteiger partial charge on any atom is -0.508 e. The highest BCUT2D eigenvalue weighted by Gasteiger charge is 2.30. The molecule has 0 radical (unpaired) electrons. The Morgan fingerprint density at radius 3 is 2.17 bits per heavy atom. The molecule has 24 heavy (non-hydrogen) atoms. The van der Waals surface area contributed by atoms with E-state index in [-0.39, 0.29) is 28.0 Å². The van der Waals surface area contributed by atoms with Crippen LogP contribution in [0.25, 0.3) is 22.3 Å². The van der Waals surface area contributed by atoms with E-state index in [1.807, 2.05) is 0 Å². The second-order valence-electron chi connectivity index (χ2n) is 5.02. The molecule has 0 saturated carbocycles. The van der Waals surface area contributed by atoms with Crippen molar-refractivity contribution in [2.75, 3.05) is 0 Å². The van der Waals surface area contributed by atoms with Crippen LogP contribution in [-0.2, 0) is 6.18 Å². The molecule has 0 spiro atoms. The number of phenolic OH excluding ortho intramolecular Hbond substituents is 2. The van der Waals surface area contributed by atoms with Crippen molar-refractivity contribution in [2.45, 2.75) is 6.18 Å². The molecular formula is C16H9F3O5. The third kappa shape index (κ3) is 2.51. The molecule has 0 unspecified atom stereocenters. The maximum Gasteiger partial charge on any atom is 0.416 e. The molecule has 0 bridgehead atoms. The topological polar surface area (TPSA) is 90.9 Å². The van der Waals surface area contributed by atoms with Crippen molar-refractivity contribution in [1.82, 2.24) is 0 Å². The molecule has 0 aliphatic rings. The van der Waals surface area contributed by atoms with Gasteiger partial charge in [0.25, 0.3) is 0 Å². The van der Waals surface area contributed by atoms with Crippen LogP contribution in [0, 0.1) is 0 Å². The molecule has 0 atom stereocenters. The number of fused-ring (bicyclic) bond motifs is 1. The van der Waals surface area contributed by atoms with Crippen LogP contribution in [0.3, 0.4) is 0 Å². The van der Waals surface area contributed by atoms with Crippen LogP contribution in [0.5, 0.6) is 17.2 Å². The first-order valence-corrected chi connectivity index (χ1v) is 6.58. The standard InChI is InChI=1S/C16H9F3O5/c17-16(18,19)8-3-1-7(2-4-8)15-14(23)13(22)12-10(21)5-9(20)6-11(12)24-15/h1-6,20-21,23H. The summed E-state index contributed by atoms with van der Waals surface area (Å²) in [6.45, 7) is 0. The molecule has 0 saturated heterocycles. The Bertz CT molecular complexity index is 988. The van der Waals surface area contributed by atoms with Gasteiger partial charge in [0.1, 0.15) is 22.5 Å². The summed E-state index contributed by atoms with van der Waals surface area (Å²) in [5, 5.41) is 28.8. The lowest BCUT2D eigenvalue weighted by Gasteiger charge is -2.09. The van der Waals surface area contributed by atoms with E-state index in [2.05, 4.69) is 0 Å². The van der Waals surface area contributed by atoms with Gasteiger partial charge in [-0.25, -0.2) is 0 Å². The largest absolute Gasteiger partial charge is 0.508 e. The van der Waals surface area contributed by atoms with Crippen LogP contribution in [0.4, 0.5) is 13.2 Å². The fourth-order valence-electron chi connectivity index (χ4n) is 2.28. The zero-order valence-electron chi connectivity index (χ0n) is 11.8. The molecule has 1 heterocycles. The smallest absolute Gasteiger partial charge is 0.416 e. The van der Waals surface area contributed by atoms with Crippen molar-refractivity contribution in [2.24, 2.45) is 0 Å². The lowest BCUT2D eigenvalue weighted by Crippen LogP contribution is -2.05. The normalized spacial score (nSPS) is 11.8. The van der Waals surface area contributed by atoms with Gasteiger partial charge in [-0.1, -0.05) is 12.1 Å². The van der Waals surface area contributed by atoms with E-state index < -0.39 is 28.7 Å². The molecule has 3 aromatic rings. The molecular weight excluding hydrogens is 329 g/mol. The quantitative estimate of drug-likeness (QED) is 0.631. The van der Waals surface area contributed by atoms with Crippen LogP contribution in [0.15, 0.2) is 45.6 Å². The van der Waals surface area contributed by atoms with Crippen molar-refractivity contribution in [3.8, 4) is 28.6 Å². The van der Waals surface area contributed by atoms with E-state index in [0.29, 0.717) is 0 Å². The van der Waals surface area contributed by atoms with Gasteiger partial charge < -0.3 is 19.7 Å². The summed E-state index contributed by atoms with van der Waals surface area (Å²) < 4.78 is 43.0. The van der Waals surface area contributed by atoms with Crippen molar-refractivity contribution < 1.29 is 32.9 Å². The molecule has 2 aromatic carbocycles. The Hall–Kier alpha value is -3.16. The van der Waals surface area contributed by atoms with E-state index >= 15 is 0 Å². The number of benzene rings is 2. The molecule has 3 rings (SSSR count). The van der Waals surface area contributed by atoms with Gasteiger partial charge in [0.2, 0.25) is 11.2 Å². The SMILES string of the molecule is O=c1c(O)c(-c2ccc(C(F)(F)F)cc2)oc2cc(O)cc(O)c12. The summed E-state index contributed by atoms with van der Waals surface area (Å²) in [5.41, 5.74) is -2.06. The average molecular weight is 338 g/mol. The maximum atomic E-state index is 12.6. The molecule has 0 amide bonds. The highest BCUT2D eigenvalue weighted by molar-refractivity contribution is 5.88. The molecule has 5 nitrogen and oxygen atoms in total. The number of phenols is 2. The lowest BCUT2D eigenvalue weighted by molar-refractivity contribution is -0.137. The Kier molecular flexibility index (Phi) is 3.40. The van der Waals surface area contributed by atoms with E-state index in [0.717, 1.165) is 36.4 Å². The van der Waals surface area contributed by atoms with Crippen LogP contribution in [0.2, 0.25) is 0 Å². The van der Waals surface area contributed by atoms with Crippen molar-refractivity contribution in [3.63, 3.8) is 0 Å². The summed E-state index contributed by atoms with van der Waals surface area (Å²) in [7, 11) is 0. The summed E-state index contributed by atoms with van der Waals surface area (Å²) in [6, 6.07) is 5.57. The maximum absolute atomic E-state index is 12.6. The Balaban J connectivity index is 2.24. The van der Waals surface area contributed by atoms with Gasteiger partial charge in [-0.2, -0.15) is 13.2 Å². The highest BCUT2D eigenvalue weighted by Crippen LogP contribution is 2.36. The molecule has 124 valence electrons. The Morgan fingerprint density at radius 2 is 1.58 bits per heavy atom. The third-order valence-electron chi connectivity index (χ3n) is 3.41. The highest BCUT2D eigenvalue weighted by atomic mass is 19.4. The fraction of sp³-hybridized carbons (Fsp3) is 0.0625. The minimum absolute atomic E-state index is 0.0299. The third-order valence-corrected chi connectivity index (χ3v) is 3.41. The summed E-state index contributed by atoms with van der Waals surface area (Å²) in [5.74, 6) is -2.20. The second-order valence-corrected chi connectivity index (χ2v) is 5.02. The Morgan fingerprint density at radius 1 is 0.958 bits per heavy atom. The van der Waals surface area contributed by atoms with Gasteiger partial charge in [0.05, 0.1) is 5.56 Å². The van der Waals surface area contributed by atoms with E-state index in [4.69, 9.17) is 4.42 Å². The minimum atomic E-state index is -4.53. The van der Waals surface area contributed by atoms with Gasteiger partial charge >= 0.3 is 6.18 Å². The molecule has 1 aromatic heterocycles. The predicted octanol–water partition coefficient (Wildman–Crippen LogP) is 3.60. The van der Waals surface area contributed by atoms with Crippen LogP contribution in [-0.4, -0.2) is 15.3 Å². The van der Waals surface area contributed by atoms with Gasteiger partial charge in [0.15, 0.2) is 5.76 Å². The zero-order valence-corrected chi connectivity index (χ0v) is 11.8. The number of alkyl halides is 3. The fourth-order valence-corrected chi connectivity index (χ4v) is 2.28. The lowest BCUT2D eigenvalue weighted by atomic mass is 10.1. The summed E-state index contributed by atoms with van der Waals surface area (Å²) in [6.07, 6.45) is -4.53. The molecule has 8 heteroatoms. The van der Waals surface area contributed by atoms with E-state index in [1.165, 1.54) is 0 Å². The molecule has 3 N–H and O–H groups in total. The second kappa shape index (κ2) is 5.19. The Labute approximate surface area is 131 Å². The van der Waals surface area contributed by atoms with Gasteiger partial charge in [0, 0.05) is 17.7 Å². The predicted molar refractivity (Wildman–Crippen MR) is 77.9 cm³/mol. The van der Waals surface area contributed by atoms with Crippen LogP contribution >= 0.6 is 0 Å². The first-order chi connectivity index (χ1) is 11.2. The first kappa shape index (κ1) is 15.7. The van der Waals surface area contributed by atoms with Crippen molar-refractivity contribution in [3.05, 3.63) is 52.2 Å². The zero-order chi connectivity index (χ0) is 17.6. The summed E-state index contributed by atoms with van der Waals surface area (Å²) in [4.78, 5) is 12.1. The molecule has 0 fully saturated rings. The van der Waals surface area contributed by atoms with Gasteiger partial charge in [-0.3, -0.25) is 4.79 Å². The summed E-state index contributed by atoms with van der Waals surface area (Å²) >= 11 is 0. The first-order valence-electron chi connectivity index (χ1n) is 6.58. The number of hydrogen-bond donors (Lipinski definition) is 3. The van der Waals surface area contributed by atoms with Gasteiger partial charge in [-0.05, 0) is 12.1 Å². The number of rotatable bonds is 1. The number of halogens is 3. The number of aromatic hydroxyl groups is 3. The average Bonchev–Trinajstić information content (AvgIpc) is 2.49. The van der Waals surface area contributed by atoms with E-state index in [9.17, 15) is 33.3 Å². The van der Waals surface area contributed by atoms with Crippen LogP contribution in [0.1, 0.15) is 5.56 Å². The van der Waals surface area contributed by atoms with E-state index in [1.54, 1.807) is 0 Å². The van der Waals surface area contributed by atoms with Crippen LogP contribution < -0.4 is 5.43 Å². The molecule has 0 aliphatic carbocycles. The molecule has 0 aliphatic heterocycles.